The second kappa shape index (κ2) is 5.60. The molecule has 100 valence electrons. The zero-order valence-electron chi connectivity index (χ0n) is 11.5. The lowest BCUT2D eigenvalue weighted by Gasteiger charge is -2.43. The number of nitrogens with one attached hydrogen (secondary N) is 1. The van der Waals surface area contributed by atoms with Gasteiger partial charge < -0.3 is 5.32 Å². The fourth-order valence-corrected chi connectivity index (χ4v) is 3.09. The summed E-state index contributed by atoms with van der Waals surface area (Å²) in [4.78, 5) is 2.55. The Balaban J connectivity index is 2.34. The molecule has 1 atom stereocenters. The zero-order chi connectivity index (χ0) is 13.2. The molecule has 0 saturated carbocycles. The molecule has 0 unspecified atom stereocenters. The van der Waals surface area contributed by atoms with Crippen molar-refractivity contribution in [3.05, 3.63) is 34.9 Å². The molecule has 1 aliphatic heterocycles. The number of benzene rings is 1. The lowest BCUT2D eigenvalue weighted by molar-refractivity contribution is 0.0863. The van der Waals surface area contributed by atoms with Crippen LogP contribution in [0, 0.1) is 5.41 Å². The summed E-state index contributed by atoms with van der Waals surface area (Å²) >= 11 is 6.40. The third-order valence-electron chi connectivity index (χ3n) is 3.54. The van der Waals surface area contributed by atoms with Gasteiger partial charge in [-0.15, -0.1) is 0 Å². The molecule has 0 aromatic heterocycles. The largest absolute Gasteiger partial charge is 0.314 e. The number of piperazine rings is 1. The summed E-state index contributed by atoms with van der Waals surface area (Å²) < 4.78 is 0. The molecule has 3 heteroatoms. The molecule has 1 fully saturated rings. The van der Waals surface area contributed by atoms with Crippen LogP contribution in [-0.4, -0.2) is 31.1 Å². The Hall–Kier alpha value is -0.570. The van der Waals surface area contributed by atoms with Gasteiger partial charge >= 0.3 is 0 Å². The van der Waals surface area contributed by atoms with E-state index in [4.69, 9.17) is 11.6 Å². The van der Waals surface area contributed by atoms with E-state index in [1.807, 2.05) is 12.1 Å². The normalized spacial score (nSPS) is 19.8. The lowest BCUT2D eigenvalue weighted by atomic mass is 9.81. The van der Waals surface area contributed by atoms with Crippen LogP contribution in [0.1, 0.15) is 32.4 Å². The van der Waals surface area contributed by atoms with Gasteiger partial charge in [-0.2, -0.15) is 0 Å². The molecular weight excluding hydrogens is 244 g/mol. The van der Waals surface area contributed by atoms with E-state index in [0.717, 1.165) is 31.2 Å². The van der Waals surface area contributed by atoms with Crippen LogP contribution in [0.5, 0.6) is 0 Å². The molecule has 1 saturated heterocycles. The fourth-order valence-electron chi connectivity index (χ4n) is 2.85. The molecule has 0 radical (unpaired) electrons. The Morgan fingerprint density at radius 1 is 1.17 bits per heavy atom. The van der Waals surface area contributed by atoms with Gasteiger partial charge in [0, 0.05) is 37.2 Å². The summed E-state index contributed by atoms with van der Waals surface area (Å²) in [5.41, 5.74) is 1.44. The number of halogens is 1. The predicted molar refractivity (Wildman–Crippen MR) is 78.1 cm³/mol. The Bertz CT molecular complexity index is 392. The highest BCUT2D eigenvalue weighted by Crippen LogP contribution is 2.40. The van der Waals surface area contributed by atoms with Gasteiger partial charge in [-0.05, 0) is 17.0 Å². The van der Waals surface area contributed by atoms with Gasteiger partial charge in [0.1, 0.15) is 0 Å². The van der Waals surface area contributed by atoms with Gasteiger partial charge in [-0.1, -0.05) is 50.6 Å². The standard InChI is InChI=1S/C15H23ClN2/c1-15(2,3)14(18-10-8-17-9-11-18)12-6-4-5-7-13(12)16/h4-7,14,17H,8-11H2,1-3H3/t14-/m0/s1. The van der Waals surface area contributed by atoms with Crippen LogP contribution >= 0.6 is 11.6 Å². The second-order valence-corrected chi connectivity index (χ2v) is 6.48. The van der Waals surface area contributed by atoms with Crippen molar-refractivity contribution in [2.24, 2.45) is 5.41 Å². The van der Waals surface area contributed by atoms with E-state index < -0.39 is 0 Å². The smallest absolute Gasteiger partial charge is 0.0454 e. The average Bonchev–Trinajstić information content (AvgIpc) is 2.32. The van der Waals surface area contributed by atoms with Gasteiger partial charge in [-0.25, -0.2) is 0 Å². The van der Waals surface area contributed by atoms with Crippen molar-refractivity contribution in [2.75, 3.05) is 26.2 Å². The van der Waals surface area contributed by atoms with Crippen LogP contribution in [0.2, 0.25) is 5.02 Å². The lowest BCUT2D eigenvalue weighted by Crippen LogP contribution is -2.48. The first kappa shape index (κ1) is 13.9. The van der Waals surface area contributed by atoms with E-state index in [0.29, 0.717) is 6.04 Å². The van der Waals surface area contributed by atoms with Gasteiger partial charge in [-0.3, -0.25) is 4.90 Å². The van der Waals surface area contributed by atoms with Gasteiger partial charge in [0.15, 0.2) is 0 Å². The van der Waals surface area contributed by atoms with Crippen molar-refractivity contribution in [1.82, 2.24) is 10.2 Å². The molecule has 2 nitrogen and oxygen atoms in total. The van der Waals surface area contributed by atoms with Crippen LogP contribution in [0.3, 0.4) is 0 Å². The first-order valence-electron chi connectivity index (χ1n) is 6.69. The van der Waals surface area contributed by atoms with Crippen LogP contribution in [0.4, 0.5) is 0 Å². The monoisotopic (exact) mass is 266 g/mol. The number of rotatable bonds is 2. The average molecular weight is 267 g/mol. The maximum absolute atomic E-state index is 6.40. The Morgan fingerprint density at radius 2 is 1.78 bits per heavy atom. The Morgan fingerprint density at radius 3 is 2.33 bits per heavy atom. The predicted octanol–water partition coefficient (Wildman–Crippen LogP) is 3.33. The minimum Gasteiger partial charge on any atom is -0.314 e. The van der Waals surface area contributed by atoms with Crippen molar-refractivity contribution in [2.45, 2.75) is 26.8 Å². The van der Waals surface area contributed by atoms with Crippen LogP contribution in [0.25, 0.3) is 0 Å². The first-order chi connectivity index (χ1) is 8.50. The summed E-state index contributed by atoms with van der Waals surface area (Å²) in [5, 5.41) is 4.30. The fraction of sp³-hybridized carbons (Fsp3) is 0.600. The van der Waals surface area contributed by atoms with Crippen molar-refractivity contribution < 1.29 is 0 Å². The maximum atomic E-state index is 6.40. The third-order valence-corrected chi connectivity index (χ3v) is 3.88. The van der Waals surface area contributed by atoms with E-state index in [9.17, 15) is 0 Å². The topological polar surface area (TPSA) is 15.3 Å². The van der Waals surface area contributed by atoms with Crippen molar-refractivity contribution >= 4 is 11.6 Å². The Labute approximate surface area is 115 Å². The van der Waals surface area contributed by atoms with Crippen molar-refractivity contribution in [1.29, 1.82) is 0 Å². The van der Waals surface area contributed by atoms with Gasteiger partial charge in [0.25, 0.3) is 0 Å². The number of nitrogens with zero attached hydrogens (tertiary/aromatic N) is 1. The molecule has 0 spiro atoms. The molecular formula is C15H23ClN2. The van der Waals surface area contributed by atoms with E-state index in [1.54, 1.807) is 0 Å². The molecule has 1 aliphatic rings. The second-order valence-electron chi connectivity index (χ2n) is 6.08. The van der Waals surface area contributed by atoms with E-state index in [1.165, 1.54) is 5.56 Å². The Kier molecular flexibility index (Phi) is 4.31. The summed E-state index contributed by atoms with van der Waals surface area (Å²) in [5.74, 6) is 0. The number of hydrogen-bond acceptors (Lipinski definition) is 2. The molecule has 0 aliphatic carbocycles. The van der Waals surface area contributed by atoms with E-state index in [2.05, 4.69) is 43.1 Å². The molecule has 1 heterocycles. The first-order valence-corrected chi connectivity index (χ1v) is 7.07. The van der Waals surface area contributed by atoms with Crippen molar-refractivity contribution in [3.8, 4) is 0 Å². The van der Waals surface area contributed by atoms with E-state index in [-0.39, 0.29) is 5.41 Å². The minimum atomic E-state index is 0.183. The molecule has 18 heavy (non-hydrogen) atoms. The van der Waals surface area contributed by atoms with Crippen LogP contribution in [-0.2, 0) is 0 Å². The van der Waals surface area contributed by atoms with Crippen molar-refractivity contribution in [3.63, 3.8) is 0 Å². The molecule has 2 rings (SSSR count). The summed E-state index contributed by atoms with van der Waals surface area (Å²) in [7, 11) is 0. The summed E-state index contributed by atoms with van der Waals surface area (Å²) in [6.45, 7) is 11.2. The molecule has 1 aromatic carbocycles. The van der Waals surface area contributed by atoms with E-state index >= 15 is 0 Å². The molecule has 0 bridgehead atoms. The molecule has 0 amide bonds. The molecule has 1 aromatic rings. The number of hydrogen-bond donors (Lipinski definition) is 1. The quantitative estimate of drug-likeness (QED) is 0.883. The SMILES string of the molecule is CC(C)(C)[C@H](c1ccccc1Cl)N1CCNCC1. The summed E-state index contributed by atoms with van der Waals surface area (Å²) in [6, 6.07) is 8.64. The summed E-state index contributed by atoms with van der Waals surface area (Å²) in [6.07, 6.45) is 0. The van der Waals surface area contributed by atoms with Crippen LogP contribution < -0.4 is 5.32 Å². The highest BCUT2D eigenvalue weighted by atomic mass is 35.5. The van der Waals surface area contributed by atoms with Crippen LogP contribution in [0.15, 0.2) is 24.3 Å². The highest BCUT2D eigenvalue weighted by Gasteiger charge is 2.33. The zero-order valence-corrected chi connectivity index (χ0v) is 12.3. The highest BCUT2D eigenvalue weighted by molar-refractivity contribution is 6.31. The minimum absolute atomic E-state index is 0.183. The third kappa shape index (κ3) is 3.05. The van der Waals surface area contributed by atoms with Gasteiger partial charge in [0.2, 0.25) is 0 Å². The maximum Gasteiger partial charge on any atom is 0.0454 e. The molecule has 1 N–H and O–H groups in total. The van der Waals surface area contributed by atoms with Gasteiger partial charge in [0.05, 0.1) is 0 Å².